The molecule has 4 heteroatoms. The van der Waals surface area contributed by atoms with Crippen molar-refractivity contribution in [1.82, 2.24) is 9.80 Å². The summed E-state index contributed by atoms with van der Waals surface area (Å²) >= 11 is 0. The fraction of sp³-hybridized carbons (Fsp3) is 0.765. The Morgan fingerprint density at radius 3 is 2.90 bits per heavy atom. The number of piperidine rings is 1. The highest BCUT2D eigenvalue weighted by atomic mass is 16.3. The summed E-state index contributed by atoms with van der Waals surface area (Å²) in [7, 11) is 0. The molecule has 2 N–H and O–H groups in total. The standard InChI is InChI=1S/C17H29N3O/c1-3-15-7-8-17(21-15)16(10-18)20-12-14-6-4-5-9-19(14)11-13(20)2/h7-8,13-14,16H,3-6,9-12,18H2,1-2H3. The van der Waals surface area contributed by atoms with E-state index in [0.29, 0.717) is 18.6 Å². The molecule has 3 atom stereocenters. The van der Waals surface area contributed by atoms with Crippen molar-refractivity contribution in [3.05, 3.63) is 23.7 Å². The van der Waals surface area contributed by atoms with E-state index in [2.05, 4.69) is 35.8 Å². The number of hydrogen-bond donors (Lipinski definition) is 1. The number of aryl methyl sites for hydroxylation is 1. The fourth-order valence-electron chi connectivity index (χ4n) is 3.99. The van der Waals surface area contributed by atoms with Crippen molar-refractivity contribution in [2.45, 2.75) is 57.7 Å². The Bertz CT molecular complexity index is 459. The van der Waals surface area contributed by atoms with Gasteiger partial charge in [0.15, 0.2) is 0 Å². The third-order valence-corrected chi connectivity index (χ3v) is 5.22. The Balaban J connectivity index is 1.76. The topological polar surface area (TPSA) is 45.6 Å². The van der Waals surface area contributed by atoms with Crippen molar-refractivity contribution in [3.63, 3.8) is 0 Å². The molecule has 2 fully saturated rings. The molecule has 21 heavy (non-hydrogen) atoms. The van der Waals surface area contributed by atoms with Gasteiger partial charge < -0.3 is 10.2 Å². The molecule has 0 bridgehead atoms. The summed E-state index contributed by atoms with van der Waals surface area (Å²) in [5.74, 6) is 2.11. The first kappa shape index (κ1) is 15.1. The van der Waals surface area contributed by atoms with Crippen LogP contribution in [0.5, 0.6) is 0 Å². The monoisotopic (exact) mass is 291 g/mol. The van der Waals surface area contributed by atoms with E-state index in [1.807, 2.05) is 0 Å². The largest absolute Gasteiger partial charge is 0.464 e. The van der Waals surface area contributed by atoms with Gasteiger partial charge in [-0.3, -0.25) is 9.80 Å². The smallest absolute Gasteiger partial charge is 0.122 e. The van der Waals surface area contributed by atoms with Crippen LogP contribution in [0.2, 0.25) is 0 Å². The molecule has 1 aromatic heterocycles. The van der Waals surface area contributed by atoms with Gasteiger partial charge in [0.1, 0.15) is 11.5 Å². The van der Waals surface area contributed by atoms with Gasteiger partial charge in [0, 0.05) is 38.1 Å². The number of piperazine rings is 1. The second-order valence-electron chi connectivity index (χ2n) is 6.60. The second-order valence-corrected chi connectivity index (χ2v) is 6.60. The number of nitrogens with two attached hydrogens (primary N) is 1. The molecule has 0 aliphatic carbocycles. The molecule has 118 valence electrons. The Hall–Kier alpha value is -0.840. The maximum Gasteiger partial charge on any atom is 0.122 e. The van der Waals surface area contributed by atoms with Crippen LogP contribution in [0.1, 0.15) is 50.7 Å². The Morgan fingerprint density at radius 2 is 2.19 bits per heavy atom. The molecular formula is C17H29N3O. The van der Waals surface area contributed by atoms with Crippen LogP contribution >= 0.6 is 0 Å². The van der Waals surface area contributed by atoms with Crippen molar-refractivity contribution in [2.24, 2.45) is 5.73 Å². The molecule has 3 unspecified atom stereocenters. The number of fused-ring (bicyclic) bond motifs is 1. The first-order valence-electron chi connectivity index (χ1n) is 8.51. The molecule has 2 aliphatic heterocycles. The lowest BCUT2D eigenvalue weighted by molar-refractivity contribution is -0.0112. The minimum atomic E-state index is 0.226. The van der Waals surface area contributed by atoms with Crippen molar-refractivity contribution in [2.75, 3.05) is 26.2 Å². The Morgan fingerprint density at radius 1 is 1.33 bits per heavy atom. The van der Waals surface area contributed by atoms with Gasteiger partial charge in [-0.15, -0.1) is 0 Å². The molecule has 3 rings (SSSR count). The van der Waals surface area contributed by atoms with Gasteiger partial charge in [-0.1, -0.05) is 13.3 Å². The van der Waals surface area contributed by atoms with Crippen LogP contribution in [-0.4, -0.2) is 48.1 Å². The van der Waals surface area contributed by atoms with Crippen LogP contribution in [0.15, 0.2) is 16.5 Å². The molecule has 0 aromatic carbocycles. The summed E-state index contributed by atoms with van der Waals surface area (Å²) in [5.41, 5.74) is 6.10. The predicted molar refractivity (Wildman–Crippen MR) is 85.3 cm³/mol. The van der Waals surface area contributed by atoms with E-state index >= 15 is 0 Å². The van der Waals surface area contributed by atoms with Crippen LogP contribution in [0, 0.1) is 0 Å². The normalized spacial score (nSPS) is 29.3. The van der Waals surface area contributed by atoms with Gasteiger partial charge in [-0.2, -0.15) is 0 Å². The fourth-order valence-corrected chi connectivity index (χ4v) is 3.99. The van der Waals surface area contributed by atoms with Gasteiger partial charge >= 0.3 is 0 Å². The van der Waals surface area contributed by atoms with Crippen molar-refractivity contribution >= 4 is 0 Å². The molecule has 2 aliphatic rings. The summed E-state index contributed by atoms with van der Waals surface area (Å²) < 4.78 is 5.99. The molecule has 2 saturated heterocycles. The molecule has 0 radical (unpaired) electrons. The van der Waals surface area contributed by atoms with E-state index in [0.717, 1.165) is 24.5 Å². The highest BCUT2D eigenvalue weighted by Gasteiger charge is 2.37. The Labute approximate surface area is 128 Å². The summed E-state index contributed by atoms with van der Waals surface area (Å²) in [6.07, 6.45) is 5.01. The number of nitrogens with zero attached hydrogens (tertiary/aromatic N) is 2. The molecule has 1 aromatic rings. The van der Waals surface area contributed by atoms with Gasteiger partial charge in [0.05, 0.1) is 6.04 Å². The zero-order valence-corrected chi connectivity index (χ0v) is 13.4. The summed E-state index contributed by atoms with van der Waals surface area (Å²) in [6.45, 7) is 8.67. The lowest BCUT2D eigenvalue weighted by atomic mass is 9.95. The van der Waals surface area contributed by atoms with Crippen molar-refractivity contribution in [1.29, 1.82) is 0 Å². The average Bonchev–Trinajstić information content (AvgIpc) is 2.97. The van der Waals surface area contributed by atoms with E-state index in [1.54, 1.807) is 0 Å². The van der Waals surface area contributed by atoms with E-state index in [-0.39, 0.29) is 6.04 Å². The van der Waals surface area contributed by atoms with Crippen molar-refractivity contribution in [3.8, 4) is 0 Å². The summed E-state index contributed by atoms with van der Waals surface area (Å²) in [4.78, 5) is 5.25. The maximum atomic E-state index is 6.10. The van der Waals surface area contributed by atoms with Crippen LogP contribution < -0.4 is 5.73 Å². The van der Waals surface area contributed by atoms with Crippen molar-refractivity contribution < 1.29 is 4.42 Å². The third kappa shape index (κ3) is 3.03. The first-order chi connectivity index (χ1) is 10.2. The number of furan rings is 1. The quantitative estimate of drug-likeness (QED) is 0.925. The average molecular weight is 291 g/mol. The van der Waals surface area contributed by atoms with E-state index in [1.165, 1.54) is 32.4 Å². The van der Waals surface area contributed by atoms with Crippen LogP contribution in [0.4, 0.5) is 0 Å². The summed E-state index contributed by atoms with van der Waals surface area (Å²) in [5, 5.41) is 0. The second kappa shape index (κ2) is 6.51. The van der Waals surface area contributed by atoms with Gasteiger partial charge in [0.2, 0.25) is 0 Å². The Kier molecular flexibility index (Phi) is 4.67. The SMILES string of the molecule is CCc1ccc(C(CN)N2CC3CCCCN3CC2C)o1. The highest BCUT2D eigenvalue weighted by Crippen LogP contribution is 2.31. The van der Waals surface area contributed by atoms with E-state index in [9.17, 15) is 0 Å². The zero-order chi connectivity index (χ0) is 14.8. The van der Waals surface area contributed by atoms with Gasteiger partial charge in [0.25, 0.3) is 0 Å². The summed E-state index contributed by atoms with van der Waals surface area (Å²) in [6, 6.07) is 5.70. The third-order valence-electron chi connectivity index (χ3n) is 5.22. The number of rotatable bonds is 4. The minimum Gasteiger partial charge on any atom is -0.464 e. The molecule has 3 heterocycles. The molecule has 4 nitrogen and oxygen atoms in total. The maximum absolute atomic E-state index is 6.10. The van der Waals surface area contributed by atoms with Gasteiger partial charge in [-0.05, 0) is 38.4 Å². The first-order valence-corrected chi connectivity index (χ1v) is 8.51. The highest BCUT2D eigenvalue weighted by molar-refractivity contribution is 5.12. The van der Waals surface area contributed by atoms with Crippen LogP contribution in [0.25, 0.3) is 0 Å². The predicted octanol–water partition coefficient (Wildman–Crippen LogP) is 2.40. The molecule has 0 amide bonds. The molecule has 0 spiro atoms. The minimum absolute atomic E-state index is 0.226. The van der Waals surface area contributed by atoms with Crippen LogP contribution in [-0.2, 0) is 6.42 Å². The van der Waals surface area contributed by atoms with Crippen LogP contribution in [0.3, 0.4) is 0 Å². The lowest BCUT2D eigenvalue weighted by Crippen LogP contribution is -2.59. The number of hydrogen-bond acceptors (Lipinski definition) is 4. The lowest BCUT2D eigenvalue weighted by Gasteiger charge is -2.49. The molecular weight excluding hydrogens is 262 g/mol. The van der Waals surface area contributed by atoms with Gasteiger partial charge in [-0.25, -0.2) is 0 Å². The zero-order valence-electron chi connectivity index (χ0n) is 13.4. The van der Waals surface area contributed by atoms with E-state index < -0.39 is 0 Å². The van der Waals surface area contributed by atoms with E-state index in [4.69, 9.17) is 10.2 Å². The molecule has 0 saturated carbocycles.